The molecule has 1 aromatic heterocycles. The fourth-order valence-corrected chi connectivity index (χ4v) is 4.50. The van der Waals surface area contributed by atoms with Crippen molar-refractivity contribution in [3.8, 4) is 11.1 Å². The topological polar surface area (TPSA) is 62.3 Å². The van der Waals surface area contributed by atoms with Crippen LogP contribution < -0.4 is 10.2 Å². The number of aryl methyl sites for hydroxylation is 1. The van der Waals surface area contributed by atoms with Gasteiger partial charge in [0.05, 0.1) is 16.8 Å². The van der Waals surface area contributed by atoms with Crippen molar-refractivity contribution >= 4 is 29.1 Å². The van der Waals surface area contributed by atoms with Gasteiger partial charge in [-0.05, 0) is 53.6 Å². The summed E-state index contributed by atoms with van der Waals surface area (Å²) < 4.78 is 0. The number of fused-ring (bicyclic) bond motifs is 2. The Morgan fingerprint density at radius 3 is 2.89 bits per heavy atom. The van der Waals surface area contributed by atoms with E-state index in [4.69, 9.17) is 11.6 Å². The summed E-state index contributed by atoms with van der Waals surface area (Å²) in [6, 6.07) is 4.07. The van der Waals surface area contributed by atoms with Crippen LogP contribution in [0, 0.1) is 0 Å². The van der Waals surface area contributed by atoms with Gasteiger partial charge in [0.1, 0.15) is 0 Å². The lowest BCUT2D eigenvalue weighted by molar-refractivity contribution is -0.121. The SMILES string of the molecule is CCC(=O)N[C@H]1CCc2c(-c3cc(Cl)c4c(c3)CCC(=O)N4C)cncc21. The van der Waals surface area contributed by atoms with Crippen molar-refractivity contribution in [2.75, 3.05) is 11.9 Å². The van der Waals surface area contributed by atoms with E-state index < -0.39 is 0 Å². The molecular weight excluding hydrogens is 362 g/mol. The Morgan fingerprint density at radius 2 is 2.11 bits per heavy atom. The lowest BCUT2D eigenvalue weighted by Crippen LogP contribution is -2.31. The minimum absolute atomic E-state index is 0.0248. The predicted octanol–water partition coefficient (Wildman–Crippen LogP) is 3.82. The quantitative estimate of drug-likeness (QED) is 0.876. The number of anilines is 1. The zero-order valence-corrected chi connectivity index (χ0v) is 16.3. The highest BCUT2D eigenvalue weighted by molar-refractivity contribution is 6.34. The molecule has 2 heterocycles. The van der Waals surface area contributed by atoms with Crippen LogP contribution in [0.15, 0.2) is 24.5 Å². The van der Waals surface area contributed by atoms with Gasteiger partial charge in [0.2, 0.25) is 11.8 Å². The molecule has 6 heteroatoms. The molecule has 140 valence electrons. The average molecular weight is 384 g/mol. The lowest BCUT2D eigenvalue weighted by atomic mass is 9.93. The Hall–Kier alpha value is -2.40. The first kappa shape index (κ1) is 18.0. The summed E-state index contributed by atoms with van der Waals surface area (Å²) in [6.45, 7) is 1.86. The van der Waals surface area contributed by atoms with Gasteiger partial charge in [-0.2, -0.15) is 0 Å². The van der Waals surface area contributed by atoms with E-state index >= 15 is 0 Å². The number of benzene rings is 1. The third-order valence-corrected chi connectivity index (χ3v) is 5.86. The van der Waals surface area contributed by atoms with Crippen LogP contribution in [0.1, 0.15) is 48.9 Å². The number of halogens is 1. The molecule has 27 heavy (non-hydrogen) atoms. The normalized spacial score (nSPS) is 18.3. The van der Waals surface area contributed by atoms with Gasteiger partial charge in [-0.25, -0.2) is 0 Å². The third kappa shape index (κ3) is 3.10. The molecule has 4 rings (SSSR count). The van der Waals surface area contributed by atoms with Crippen LogP contribution in [0.3, 0.4) is 0 Å². The van der Waals surface area contributed by atoms with Crippen LogP contribution in [-0.2, 0) is 22.4 Å². The molecule has 5 nitrogen and oxygen atoms in total. The number of pyridine rings is 1. The van der Waals surface area contributed by atoms with Crippen LogP contribution in [-0.4, -0.2) is 23.8 Å². The first-order valence-corrected chi connectivity index (χ1v) is 9.72. The van der Waals surface area contributed by atoms with Gasteiger partial charge in [-0.15, -0.1) is 0 Å². The Bertz CT molecular complexity index is 941. The lowest BCUT2D eigenvalue weighted by Gasteiger charge is -2.27. The van der Waals surface area contributed by atoms with Gasteiger partial charge >= 0.3 is 0 Å². The number of nitrogens with one attached hydrogen (secondary N) is 1. The van der Waals surface area contributed by atoms with Crippen LogP contribution >= 0.6 is 11.6 Å². The number of aromatic nitrogens is 1. The number of carbonyl (C=O) groups excluding carboxylic acids is 2. The monoisotopic (exact) mass is 383 g/mol. The smallest absolute Gasteiger partial charge is 0.227 e. The molecule has 0 saturated heterocycles. The maximum absolute atomic E-state index is 12.0. The van der Waals surface area contributed by atoms with Gasteiger partial charge in [0, 0.05) is 37.8 Å². The molecule has 1 aromatic carbocycles. The number of amides is 2. The van der Waals surface area contributed by atoms with Crippen molar-refractivity contribution in [1.82, 2.24) is 10.3 Å². The zero-order chi connectivity index (χ0) is 19.1. The predicted molar refractivity (Wildman–Crippen MR) is 106 cm³/mol. The molecule has 2 amide bonds. The van der Waals surface area contributed by atoms with Crippen molar-refractivity contribution in [2.45, 2.75) is 45.1 Å². The molecule has 0 radical (unpaired) electrons. The number of carbonyl (C=O) groups is 2. The largest absolute Gasteiger partial charge is 0.349 e. The standard InChI is InChI=1S/C21H22ClN3O2/c1-3-19(26)24-18-6-5-14-15(10-23-11-16(14)18)13-8-12-4-7-20(27)25(2)21(12)17(22)9-13/h8-11,18H,3-7H2,1-2H3,(H,24,26)/t18-/m0/s1. The Balaban J connectivity index is 1.75. The van der Waals surface area contributed by atoms with Crippen molar-refractivity contribution in [3.63, 3.8) is 0 Å². The molecule has 1 aliphatic heterocycles. The van der Waals surface area contributed by atoms with Gasteiger partial charge in [0.15, 0.2) is 0 Å². The number of hydrogen-bond acceptors (Lipinski definition) is 3. The van der Waals surface area contributed by atoms with E-state index in [0.29, 0.717) is 24.3 Å². The Labute approximate surface area is 163 Å². The minimum atomic E-state index is 0.0248. The summed E-state index contributed by atoms with van der Waals surface area (Å²) >= 11 is 6.55. The second-order valence-corrected chi connectivity index (χ2v) is 7.59. The maximum atomic E-state index is 12.0. The van der Waals surface area contributed by atoms with Crippen LogP contribution in [0.25, 0.3) is 11.1 Å². The van der Waals surface area contributed by atoms with Crippen LogP contribution in [0.5, 0.6) is 0 Å². The van der Waals surface area contributed by atoms with E-state index in [1.165, 1.54) is 5.56 Å². The second-order valence-electron chi connectivity index (χ2n) is 7.19. The van der Waals surface area contributed by atoms with Crippen molar-refractivity contribution in [3.05, 3.63) is 46.2 Å². The molecule has 0 fully saturated rings. The Kier molecular flexibility index (Phi) is 4.64. The molecule has 0 saturated carbocycles. The fourth-order valence-electron chi connectivity index (χ4n) is 4.13. The van der Waals surface area contributed by atoms with E-state index in [-0.39, 0.29) is 17.9 Å². The first-order chi connectivity index (χ1) is 13.0. The molecule has 1 atom stereocenters. The third-order valence-electron chi connectivity index (χ3n) is 5.58. The summed E-state index contributed by atoms with van der Waals surface area (Å²) in [6.07, 6.45) is 7.19. The molecule has 0 spiro atoms. The van der Waals surface area contributed by atoms with Crippen LogP contribution in [0.2, 0.25) is 5.02 Å². The molecular formula is C21H22ClN3O2. The highest BCUT2D eigenvalue weighted by Crippen LogP contribution is 2.41. The second kappa shape index (κ2) is 6.97. The number of rotatable bonds is 3. The summed E-state index contributed by atoms with van der Waals surface area (Å²) in [4.78, 5) is 29.9. The minimum Gasteiger partial charge on any atom is -0.349 e. The fraction of sp³-hybridized carbons (Fsp3) is 0.381. The number of hydrogen-bond donors (Lipinski definition) is 1. The van der Waals surface area contributed by atoms with Crippen molar-refractivity contribution in [1.29, 1.82) is 0 Å². The zero-order valence-electron chi connectivity index (χ0n) is 15.5. The van der Waals surface area contributed by atoms with Gasteiger partial charge in [-0.1, -0.05) is 18.5 Å². The molecule has 0 bridgehead atoms. The molecule has 2 aliphatic rings. The van der Waals surface area contributed by atoms with E-state index in [0.717, 1.165) is 40.8 Å². The first-order valence-electron chi connectivity index (χ1n) is 9.35. The van der Waals surface area contributed by atoms with E-state index in [2.05, 4.69) is 16.4 Å². The molecule has 0 unspecified atom stereocenters. The molecule has 1 N–H and O–H groups in total. The van der Waals surface area contributed by atoms with E-state index in [1.807, 2.05) is 25.4 Å². The Morgan fingerprint density at radius 1 is 1.30 bits per heavy atom. The summed E-state index contributed by atoms with van der Waals surface area (Å²) in [7, 11) is 1.77. The highest BCUT2D eigenvalue weighted by atomic mass is 35.5. The highest BCUT2D eigenvalue weighted by Gasteiger charge is 2.28. The summed E-state index contributed by atoms with van der Waals surface area (Å²) in [5.74, 6) is 0.150. The van der Waals surface area contributed by atoms with Crippen molar-refractivity contribution < 1.29 is 9.59 Å². The van der Waals surface area contributed by atoms with Gasteiger partial charge in [-0.3, -0.25) is 14.6 Å². The maximum Gasteiger partial charge on any atom is 0.227 e. The van der Waals surface area contributed by atoms with E-state index in [9.17, 15) is 9.59 Å². The van der Waals surface area contributed by atoms with Crippen molar-refractivity contribution in [2.24, 2.45) is 0 Å². The molecule has 1 aliphatic carbocycles. The molecule has 2 aromatic rings. The summed E-state index contributed by atoms with van der Waals surface area (Å²) in [5, 5.41) is 3.67. The van der Waals surface area contributed by atoms with Crippen LogP contribution in [0.4, 0.5) is 5.69 Å². The van der Waals surface area contributed by atoms with E-state index in [1.54, 1.807) is 11.9 Å². The average Bonchev–Trinajstić information content (AvgIpc) is 3.07. The number of nitrogens with zero attached hydrogens (tertiary/aromatic N) is 2. The van der Waals surface area contributed by atoms with Gasteiger partial charge in [0.25, 0.3) is 0 Å². The van der Waals surface area contributed by atoms with Gasteiger partial charge < -0.3 is 10.2 Å². The summed E-state index contributed by atoms with van der Waals surface area (Å²) in [5.41, 5.74) is 6.30.